The number of nitrogens with zero attached hydrogens (tertiary/aromatic N) is 4. The lowest BCUT2D eigenvalue weighted by molar-refractivity contribution is -0.384. The fourth-order valence-corrected chi connectivity index (χ4v) is 3.89. The molecule has 1 aliphatic heterocycles. The number of nitrogens with one attached hydrogen (secondary N) is 1. The van der Waals surface area contributed by atoms with Crippen LogP contribution in [0.1, 0.15) is 12.1 Å². The zero-order valence-electron chi connectivity index (χ0n) is 17.8. The van der Waals surface area contributed by atoms with Gasteiger partial charge in [0.2, 0.25) is 11.8 Å². The molecule has 0 bridgehead atoms. The highest BCUT2D eigenvalue weighted by Crippen LogP contribution is 2.35. The Morgan fingerprint density at radius 2 is 1.97 bits per heavy atom. The maximum Gasteiger partial charge on any atom is 0.269 e. The lowest BCUT2D eigenvalue weighted by Gasteiger charge is -2.20. The van der Waals surface area contributed by atoms with Gasteiger partial charge < -0.3 is 15.0 Å². The molecule has 33 heavy (non-hydrogen) atoms. The summed E-state index contributed by atoms with van der Waals surface area (Å²) in [5.74, 6) is -0.259. The normalized spacial score (nSPS) is 15.5. The number of halogens is 1. The van der Waals surface area contributed by atoms with Gasteiger partial charge in [-0.15, -0.1) is 0 Å². The molecule has 1 saturated heterocycles. The quantitative estimate of drug-likeness (QED) is 0.433. The Bertz CT molecular complexity index is 1240. The second kappa shape index (κ2) is 8.91. The fraction of sp³-hybridized carbons (Fsp3) is 0.227. The summed E-state index contributed by atoms with van der Waals surface area (Å²) in [6, 6.07) is 12.5. The first kappa shape index (κ1) is 22.3. The van der Waals surface area contributed by atoms with Crippen LogP contribution < -0.4 is 15.0 Å². The van der Waals surface area contributed by atoms with Crippen LogP contribution in [0, 0.1) is 23.0 Å². The molecular formula is C22H20ClN5O5. The van der Waals surface area contributed by atoms with E-state index in [0.717, 1.165) is 0 Å². The van der Waals surface area contributed by atoms with Crippen LogP contribution in [0.3, 0.4) is 0 Å². The Kier molecular flexibility index (Phi) is 6.01. The van der Waals surface area contributed by atoms with Crippen LogP contribution in [0.2, 0.25) is 5.02 Å². The summed E-state index contributed by atoms with van der Waals surface area (Å²) in [5, 5.41) is 18.6. The Morgan fingerprint density at radius 3 is 2.64 bits per heavy atom. The maximum atomic E-state index is 13.0. The molecule has 1 N–H and O–H groups in total. The van der Waals surface area contributed by atoms with E-state index in [2.05, 4.69) is 10.4 Å². The minimum atomic E-state index is -0.596. The molecule has 1 fully saturated rings. The second-order valence-corrected chi connectivity index (χ2v) is 8.00. The molecule has 0 radical (unpaired) electrons. The van der Waals surface area contributed by atoms with Gasteiger partial charge in [-0.1, -0.05) is 11.6 Å². The summed E-state index contributed by atoms with van der Waals surface area (Å²) in [7, 11) is 1.50. The average molecular weight is 470 g/mol. The zero-order valence-corrected chi connectivity index (χ0v) is 18.6. The fourth-order valence-electron chi connectivity index (χ4n) is 3.72. The van der Waals surface area contributed by atoms with Crippen molar-refractivity contribution in [2.24, 2.45) is 5.92 Å². The standard InChI is InChI=1S/C22H20ClN5O5/c1-13-9-20(27(25-13)16-4-6-17(7-5-16)28(31)32)24-22(30)14-10-21(29)26(12-14)18-11-15(23)3-8-19(18)33-2/h3-9,11,14H,10,12H2,1-2H3,(H,24,30). The molecule has 0 spiro atoms. The molecule has 0 aliphatic carbocycles. The Hall–Kier alpha value is -3.92. The van der Waals surface area contributed by atoms with Gasteiger partial charge in [0, 0.05) is 36.2 Å². The predicted octanol–water partition coefficient (Wildman–Crippen LogP) is 3.74. The van der Waals surface area contributed by atoms with Crippen molar-refractivity contribution in [3.05, 3.63) is 69.4 Å². The number of carbonyl (C=O) groups is 2. The van der Waals surface area contributed by atoms with Crippen LogP contribution in [-0.2, 0) is 9.59 Å². The lowest BCUT2D eigenvalue weighted by atomic mass is 10.1. The van der Waals surface area contributed by atoms with Crippen molar-refractivity contribution in [3.8, 4) is 11.4 Å². The number of hydrogen-bond acceptors (Lipinski definition) is 6. The number of benzene rings is 2. The van der Waals surface area contributed by atoms with E-state index in [1.54, 1.807) is 43.3 Å². The molecule has 3 aromatic rings. The highest BCUT2D eigenvalue weighted by Gasteiger charge is 2.36. The van der Waals surface area contributed by atoms with Gasteiger partial charge in [0.15, 0.2) is 0 Å². The van der Waals surface area contributed by atoms with Crippen molar-refractivity contribution in [2.75, 3.05) is 23.9 Å². The smallest absolute Gasteiger partial charge is 0.269 e. The molecule has 170 valence electrons. The SMILES string of the molecule is COc1ccc(Cl)cc1N1CC(C(=O)Nc2cc(C)nn2-c2ccc([N+](=O)[O-])cc2)CC1=O. The first-order chi connectivity index (χ1) is 15.8. The first-order valence-electron chi connectivity index (χ1n) is 10.0. The highest BCUT2D eigenvalue weighted by molar-refractivity contribution is 6.31. The third kappa shape index (κ3) is 4.51. The van der Waals surface area contributed by atoms with Gasteiger partial charge in [-0.05, 0) is 37.3 Å². The zero-order chi connectivity index (χ0) is 23.7. The van der Waals surface area contributed by atoms with Crippen molar-refractivity contribution >= 4 is 40.6 Å². The van der Waals surface area contributed by atoms with Gasteiger partial charge in [0.05, 0.1) is 35.0 Å². The van der Waals surface area contributed by atoms with Crippen molar-refractivity contribution in [2.45, 2.75) is 13.3 Å². The Morgan fingerprint density at radius 1 is 1.24 bits per heavy atom. The van der Waals surface area contributed by atoms with Gasteiger partial charge in [0.1, 0.15) is 11.6 Å². The van der Waals surface area contributed by atoms with Gasteiger partial charge >= 0.3 is 0 Å². The maximum absolute atomic E-state index is 13.0. The minimum Gasteiger partial charge on any atom is -0.495 e. The number of ether oxygens (including phenoxy) is 1. The second-order valence-electron chi connectivity index (χ2n) is 7.57. The van der Waals surface area contributed by atoms with E-state index < -0.39 is 10.8 Å². The van der Waals surface area contributed by atoms with E-state index in [1.807, 2.05) is 0 Å². The number of anilines is 2. The number of hydrogen-bond donors (Lipinski definition) is 1. The van der Waals surface area contributed by atoms with Crippen LogP contribution in [0.25, 0.3) is 5.69 Å². The van der Waals surface area contributed by atoms with E-state index in [-0.39, 0.29) is 30.5 Å². The first-order valence-corrected chi connectivity index (χ1v) is 10.4. The summed E-state index contributed by atoms with van der Waals surface area (Å²) in [6.07, 6.45) is 0.0339. The lowest BCUT2D eigenvalue weighted by Crippen LogP contribution is -2.29. The molecule has 10 nitrogen and oxygen atoms in total. The topological polar surface area (TPSA) is 120 Å². The molecule has 11 heteroatoms. The van der Waals surface area contributed by atoms with E-state index in [0.29, 0.717) is 33.7 Å². The number of non-ortho nitro benzene ring substituents is 1. The number of nitro benzene ring substituents is 1. The summed E-state index contributed by atoms with van der Waals surface area (Å²) >= 11 is 6.09. The molecule has 1 aromatic heterocycles. The van der Waals surface area contributed by atoms with Crippen molar-refractivity contribution in [1.29, 1.82) is 0 Å². The Balaban J connectivity index is 1.54. The molecule has 2 aromatic carbocycles. The molecular weight excluding hydrogens is 450 g/mol. The third-order valence-corrected chi connectivity index (χ3v) is 5.55. The highest BCUT2D eigenvalue weighted by atomic mass is 35.5. The summed E-state index contributed by atoms with van der Waals surface area (Å²) in [6.45, 7) is 1.94. The number of aryl methyl sites for hydroxylation is 1. The molecule has 0 saturated carbocycles. The van der Waals surface area contributed by atoms with E-state index >= 15 is 0 Å². The van der Waals surface area contributed by atoms with Crippen LogP contribution in [-0.4, -0.2) is 40.2 Å². The monoisotopic (exact) mass is 469 g/mol. The van der Waals surface area contributed by atoms with E-state index in [4.69, 9.17) is 16.3 Å². The third-order valence-electron chi connectivity index (χ3n) is 5.32. The number of methoxy groups -OCH3 is 1. The number of aromatic nitrogens is 2. The van der Waals surface area contributed by atoms with Crippen LogP contribution in [0.5, 0.6) is 5.75 Å². The van der Waals surface area contributed by atoms with E-state index in [1.165, 1.54) is 28.8 Å². The van der Waals surface area contributed by atoms with Crippen LogP contribution in [0.15, 0.2) is 48.5 Å². The molecule has 1 atom stereocenters. The van der Waals surface area contributed by atoms with Gasteiger partial charge in [-0.3, -0.25) is 19.7 Å². The average Bonchev–Trinajstić information content (AvgIpc) is 3.36. The van der Waals surface area contributed by atoms with Crippen molar-refractivity contribution in [3.63, 3.8) is 0 Å². The Labute approximate surface area is 193 Å². The van der Waals surface area contributed by atoms with Gasteiger partial charge in [0.25, 0.3) is 5.69 Å². The predicted molar refractivity (Wildman–Crippen MR) is 122 cm³/mol. The molecule has 1 aliphatic rings. The number of amides is 2. The molecule has 2 amide bonds. The number of rotatable bonds is 6. The number of nitro groups is 1. The minimum absolute atomic E-state index is 0.0339. The van der Waals surface area contributed by atoms with Crippen LogP contribution >= 0.6 is 11.6 Å². The summed E-state index contributed by atoms with van der Waals surface area (Å²) in [4.78, 5) is 37.6. The summed E-state index contributed by atoms with van der Waals surface area (Å²) < 4.78 is 6.83. The van der Waals surface area contributed by atoms with Crippen LogP contribution in [0.4, 0.5) is 17.2 Å². The summed E-state index contributed by atoms with van der Waals surface area (Å²) in [5.41, 5.74) is 1.67. The largest absolute Gasteiger partial charge is 0.495 e. The van der Waals surface area contributed by atoms with Gasteiger partial charge in [-0.2, -0.15) is 5.10 Å². The molecule has 1 unspecified atom stereocenters. The molecule has 4 rings (SSSR count). The van der Waals surface area contributed by atoms with Gasteiger partial charge in [-0.25, -0.2) is 4.68 Å². The van der Waals surface area contributed by atoms with Crippen molar-refractivity contribution < 1.29 is 19.2 Å². The number of carbonyl (C=O) groups excluding carboxylic acids is 2. The van der Waals surface area contributed by atoms with E-state index in [9.17, 15) is 19.7 Å². The molecule has 2 heterocycles. The van der Waals surface area contributed by atoms with Crippen molar-refractivity contribution in [1.82, 2.24) is 9.78 Å².